The molecule has 0 aliphatic heterocycles. The van der Waals surface area contributed by atoms with Gasteiger partial charge in [-0.3, -0.25) is 0 Å². The molecule has 0 radical (unpaired) electrons. The van der Waals surface area contributed by atoms with E-state index in [1.165, 1.54) is 36.0 Å². The highest BCUT2D eigenvalue weighted by Gasteiger charge is 2.38. The van der Waals surface area contributed by atoms with Crippen molar-refractivity contribution in [2.24, 2.45) is 0 Å². The van der Waals surface area contributed by atoms with E-state index in [9.17, 15) is 0 Å². The summed E-state index contributed by atoms with van der Waals surface area (Å²) < 4.78 is 5.80. The van der Waals surface area contributed by atoms with Crippen LogP contribution in [0.3, 0.4) is 0 Å². The Morgan fingerprint density at radius 3 is 2.60 bits per heavy atom. The van der Waals surface area contributed by atoms with E-state index in [0.717, 1.165) is 19.4 Å². The molecule has 2 rings (SSSR count). The van der Waals surface area contributed by atoms with Gasteiger partial charge in [0.1, 0.15) is 0 Å². The van der Waals surface area contributed by atoms with Crippen molar-refractivity contribution in [1.29, 1.82) is 0 Å². The highest BCUT2D eigenvalue weighted by molar-refractivity contribution is 5.31. The van der Waals surface area contributed by atoms with E-state index in [0.29, 0.717) is 6.04 Å². The molecule has 0 saturated heterocycles. The second kappa shape index (κ2) is 6.73. The molecule has 1 saturated carbocycles. The molecule has 1 aliphatic rings. The van der Waals surface area contributed by atoms with Crippen LogP contribution in [-0.4, -0.2) is 25.3 Å². The summed E-state index contributed by atoms with van der Waals surface area (Å²) in [6.07, 6.45) is 5.99. The van der Waals surface area contributed by atoms with E-state index in [4.69, 9.17) is 4.74 Å². The third-order valence-electron chi connectivity index (χ3n) is 4.78. The lowest BCUT2D eigenvalue weighted by Gasteiger charge is -2.43. The number of hydrogen-bond donors (Lipinski definition) is 1. The quantitative estimate of drug-likeness (QED) is 0.817. The summed E-state index contributed by atoms with van der Waals surface area (Å²) in [5.74, 6) is 0. The fourth-order valence-electron chi connectivity index (χ4n) is 3.30. The minimum absolute atomic E-state index is 0.143. The lowest BCUT2D eigenvalue weighted by Crippen LogP contribution is -2.46. The number of methoxy groups -OCH3 is 1. The molecule has 1 N–H and O–H groups in total. The van der Waals surface area contributed by atoms with Crippen molar-refractivity contribution >= 4 is 0 Å². The van der Waals surface area contributed by atoms with Gasteiger partial charge in [-0.05, 0) is 63.6 Å². The number of benzene rings is 1. The van der Waals surface area contributed by atoms with E-state index in [1.54, 1.807) is 0 Å². The largest absolute Gasteiger partial charge is 0.378 e. The summed E-state index contributed by atoms with van der Waals surface area (Å²) in [5.41, 5.74) is 4.37. The molecular formula is C18H29NO. The SMILES string of the molecule is CCNC(Cc1cc(C)ccc1C)CC1(OC)CCC1. The van der Waals surface area contributed by atoms with Crippen LogP contribution in [0.1, 0.15) is 49.3 Å². The molecule has 1 aromatic carbocycles. The molecule has 1 unspecified atom stereocenters. The standard InChI is InChI=1S/C18H29NO/c1-5-19-17(13-18(20-4)9-6-10-18)12-16-11-14(2)7-8-15(16)3/h7-8,11,17,19H,5-6,9-10,12-13H2,1-4H3. The number of nitrogens with one attached hydrogen (secondary N) is 1. The highest BCUT2D eigenvalue weighted by atomic mass is 16.5. The first-order valence-electron chi connectivity index (χ1n) is 7.93. The van der Waals surface area contributed by atoms with Gasteiger partial charge in [0.15, 0.2) is 0 Å². The van der Waals surface area contributed by atoms with Crippen LogP contribution in [0.4, 0.5) is 0 Å². The van der Waals surface area contributed by atoms with Crippen LogP contribution >= 0.6 is 0 Å². The number of likely N-dealkylation sites (N-methyl/N-ethyl adjacent to an activating group) is 1. The van der Waals surface area contributed by atoms with Gasteiger partial charge in [0.05, 0.1) is 5.60 Å². The molecular weight excluding hydrogens is 246 g/mol. The zero-order chi connectivity index (χ0) is 14.6. The maximum Gasteiger partial charge on any atom is 0.0693 e. The van der Waals surface area contributed by atoms with Gasteiger partial charge in [0.2, 0.25) is 0 Å². The average Bonchev–Trinajstić information content (AvgIpc) is 2.38. The number of rotatable bonds is 7. The number of aryl methyl sites for hydroxylation is 2. The van der Waals surface area contributed by atoms with E-state index in [-0.39, 0.29) is 5.60 Å². The van der Waals surface area contributed by atoms with Crippen molar-refractivity contribution in [3.8, 4) is 0 Å². The Labute approximate surface area is 123 Å². The van der Waals surface area contributed by atoms with Gasteiger partial charge < -0.3 is 10.1 Å². The van der Waals surface area contributed by atoms with Gasteiger partial charge in [0, 0.05) is 13.2 Å². The van der Waals surface area contributed by atoms with E-state index in [2.05, 4.69) is 44.3 Å². The molecule has 112 valence electrons. The van der Waals surface area contributed by atoms with E-state index >= 15 is 0 Å². The van der Waals surface area contributed by atoms with Gasteiger partial charge in [0.25, 0.3) is 0 Å². The lowest BCUT2D eigenvalue weighted by atomic mass is 9.74. The third kappa shape index (κ3) is 3.62. The molecule has 0 bridgehead atoms. The van der Waals surface area contributed by atoms with Crippen molar-refractivity contribution in [2.45, 2.75) is 64.5 Å². The maximum atomic E-state index is 5.80. The summed E-state index contributed by atoms with van der Waals surface area (Å²) in [6, 6.07) is 7.29. The Kier molecular flexibility index (Phi) is 5.22. The smallest absolute Gasteiger partial charge is 0.0693 e. The van der Waals surface area contributed by atoms with Crippen LogP contribution < -0.4 is 5.32 Å². The summed E-state index contributed by atoms with van der Waals surface area (Å²) in [4.78, 5) is 0. The summed E-state index contributed by atoms with van der Waals surface area (Å²) in [7, 11) is 1.88. The normalized spacial score (nSPS) is 18.6. The molecule has 20 heavy (non-hydrogen) atoms. The summed E-state index contributed by atoms with van der Waals surface area (Å²) in [5, 5.41) is 3.66. The van der Waals surface area contributed by atoms with Gasteiger partial charge in [-0.25, -0.2) is 0 Å². The molecule has 0 aromatic heterocycles. The van der Waals surface area contributed by atoms with Gasteiger partial charge >= 0.3 is 0 Å². The Balaban J connectivity index is 2.06. The fraction of sp³-hybridized carbons (Fsp3) is 0.667. The molecule has 1 atom stereocenters. The first kappa shape index (κ1) is 15.5. The number of ether oxygens (including phenoxy) is 1. The first-order chi connectivity index (χ1) is 9.58. The van der Waals surface area contributed by atoms with E-state index < -0.39 is 0 Å². The Bertz CT molecular complexity index is 432. The topological polar surface area (TPSA) is 21.3 Å². The Hall–Kier alpha value is -0.860. The number of hydrogen-bond acceptors (Lipinski definition) is 2. The van der Waals surface area contributed by atoms with E-state index in [1.807, 2.05) is 7.11 Å². The van der Waals surface area contributed by atoms with Crippen molar-refractivity contribution < 1.29 is 4.74 Å². The second-order valence-electron chi connectivity index (χ2n) is 6.33. The van der Waals surface area contributed by atoms with Gasteiger partial charge in [-0.15, -0.1) is 0 Å². The molecule has 2 heteroatoms. The Morgan fingerprint density at radius 2 is 2.05 bits per heavy atom. The van der Waals surface area contributed by atoms with Crippen molar-refractivity contribution in [3.05, 3.63) is 34.9 Å². The maximum absolute atomic E-state index is 5.80. The zero-order valence-electron chi connectivity index (χ0n) is 13.5. The minimum Gasteiger partial charge on any atom is -0.378 e. The van der Waals surface area contributed by atoms with Crippen LogP contribution in [0.25, 0.3) is 0 Å². The second-order valence-corrected chi connectivity index (χ2v) is 6.33. The third-order valence-corrected chi connectivity index (χ3v) is 4.78. The predicted octanol–water partition coefficient (Wildman–Crippen LogP) is 3.78. The molecule has 0 spiro atoms. The van der Waals surface area contributed by atoms with Crippen LogP contribution in [0.15, 0.2) is 18.2 Å². The molecule has 0 amide bonds. The highest BCUT2D eigenvalue weighted by Crippen LogP contribution is 2.39. The molecule has 1 aliphatic carbocycles. The van der Waals surface area contributed by atoms with Crippen LogP contribution in [-0.2, 0) is 11.2 Å². The van der Waals surface area contributed by atoms with Crippen molar-refractivity contribution in [2.75, 3.05) is 13.7 Å². The molecule has 0 heterocycles. The summed E-state index contributed by atoms with van der Waals surface area (Å²) >= 11 is 0. The molecule has 2 nitrogen and oxygen atoms in total. The first-order valence-corrected chi connectivity index (χ1v) is 7.93. The zero-order valence-corrected chi connectivity index (χ0v) is 13.5. The predicted molar refractivity (Wildman–Crippen MR) is 85.3 cm³/mol. The van der Waals surface area contributed by atoms with Gasteiger partial charge in [-0.1, -0.05) is 30.7 Å². The van der Waals surface area contributed by atoms with Gasteiger partial charge in [-0.2, -0.15) is 0 Å². The average molecular weight is 275 g/mol. The van der Waals surface area contributed by atoms with Crippen LogP contribution in [0, 0.1) is 13.8 Å². The van der Waals surface area contributed by atoms with Crippen LogP contribution in [0.2, 0.25) is 0 Å². The van der Waals surface area contributed by atoms with Crippen molar-refractivity contribution in [1.82, 2.24) is 5.32 Å². The van der Waals surface area contributed by atoms with Crippen molar-refractivity contribution in [3.63, 3.8) is 0 Å². The van der Waals surface area contributed by atoms with Crippen LogP contribution in [0.5, 0.6) is 0 Å². The fourth-order valence-corrected chi connectivity index (χ4v) is 3.30. The molecule has 1 fully saturated rings. The lowest BCUT2D eigenvalue weighted by molar-refractivity contribution is -0.0833. The monoisotopic (exact) mass is 275 g/mol. The summed E-state index contributed by atoms with van der Waals surface area (Å²) in [6.45, 7) is 7.60. The Morgan fingerprint density at radius 1 is 1.30 bits per heavy atom. The molecule has 1 aromatic rings. The minimum atomic E-state index is 0.143.